The number of carbonyl (C=O) groups is 1. The average Bonchev–Trinajstić information content (AvgIpc) is 1.84. The molecule has 0 fully saturated rings. The van der Waals surface area contributed by atoms with Crippen LogP contribution < -0.4 is 5.73 Å². The number of carbonyl (C=O) groups excluding carboxylic acids is 1. The Labute approximate surface area is 56.4 Å². The molecule has 0 aliphatic heterocycles. The summed E-state index contributed by atoms with van der Waals surface area (Å²) in [5.41, 5.74) is 5.52. The quantitative estimate of drug-likeness (QED) is 0.616. The van der Waals surface area contributed by atoms with Gasteiger partial charge in [0, 0.05) is 6.42 Å². The van der Waals surface area contributed by atoms with E-state index in [0.29, 0.717) is 6.42 Å². The minimum absolute atomic E-state index is 0.157. The SMILES string of the molecule is CCC(=O)[C@H](N)C(C)C. The van der Waals surface area contributed by atoms with Gasteiger partial charge >= 0.3 is 0 Å². The summed E-state index contributed by atoms with van der Waals surface area (Å²) in [4.78, 5) is 10.8. The van der Waals surface area contributed by atoms with Gasteiger partial charge < -0.3 is 5.73 Å². The minimum Gasteiger partial charge on any atom is -0.321 e. The maximum Gasteiger partial charge on any atom is 0.149 e. The Kier molecular flexibility index (Phi) is 3.47. The summed E-state index contributed by atoms with van der Waals surface area (Å²) >= 11 is 0. The first-order valence-electron chi connectivity index (χ1n) is 3.37. The van der Waals surface area contributed by atoms with E-state index >= 15 is 0 Å². The number of hydrogen-bond acceptors (Lipinski definition) is 2. The van der Waals surface area contributed by atoms with E-state index in [4.69, 9.17) is 5.73 Å². The highest BCUT2D eigenvalue weighted by molar-refractivity contribution is 5.83. The van der Waals surface area contributed by atoms with Crippen LogP contribution in [0.3, 0.4) is 0 Å². The van der Waals surface area contributed by atoms with Gasteiger partial charge in [-0.05, 0) is 5.92 Å². The summed E-state index contributed by atoms with van der Waals surface area (Å²) < 4.78 is 0. The van der Waals surface area contributed by atoms with Gasteiger partial charge in [0.15, 0.2) is 0 Å². The molecule has 0 aromatic rings. The molecule has 0 aromatic carbocycles. The zero-order valence-electron chi connectivity index (χ0n) is 6.35. The van der Waals surface area contributed by atoms with Crippen molar-refractivity contribution in [2.75, 3.05) is 0 Å². The molecule has 2 nitrogen and oxygen atoms in total. The molecule has 0 heterocycles. The maximum absolute atomic E-state index is 10.8. The van der Waals surface area contributed by atoms with E-state index in [2.05, 4.69) is 0 Å². The van der Waals surface area contributed by atoms with Gasteiger partial charge in [-0.1, -0.05) is 20.8 Å². The molecule has 54 valence electrons. The first-order valence-corrected chi connectivity index (χ1v) is 3.37. The van der Waals surface area contributed by atoms with E-state index < -0.39 is 0 Å². The number of Topliss-reactive ketones (excluding diaryl/α,β-unsaturated/α-hetero) is 1. The van der Waals surface area contributed by atoms with Crippen molar-refractivity contribution < 1.29 is 4.79 Å². The van der Waals surface area contributed by atoms with Crippen LogP contribution in [0.25, 0.3) is 0 Å². The lowest BCUT2D eigenvalue weighted by Gasteiger charge is -2.11. The maximum atomic E-state index is 10.8. The molecule has 0 aliphatic carbocycles. The Morgan fingerprint density at radius 2 is 2.00 bits per heavy atom. The topological polar surface area (TPSA) is 43.1 Å². The van der Waals surface area contributed by atoms with Gasteiger partial charge in [0.05, 0.1) is 6.04 Å². The van der Waals surface area contributed by atoms with E-state index in [0.717, 1.165) is 0 Å². The highest BCUT2D eigenvalue weighted by atomic mass is 16.1. The number of nitrogens with two attached hydrogens (primary N) is 1. The number of ketones is 1. The predicted molar refractivity (Wildman–Crippen MR) is 38.1 cm³/mol. The molecule has 0 spiro atoms. The third-order valence-electron chi connectivity index (χ3n) is 1.44. The highest BCUT2D eigenvalue weighted by Crippen LogP contribution is 2.00. The van der Waals surface area contributed by atoms with Crippen LogP contribution >= 0.6 is 0 Å². The lowest BCUT2D eigenvalue weighted by atomic mass is 10.00. The van der Waals surface area contributed by atoms with Crippen LogP contribution in [0.2, 0.25) is 0 Å². The average molecular weight is 129 g/mol. The molecule has 1 atom stereocenters. The second-order valence-corrected chi connectivity index (χ2v) is 2.59. The second kappa shape index (κ2) is 3.62. The number of rotatable bonds is 3. The van der Waals surface area contributed by atoms with Gasteiger partial charge in [0.25, 0.3) is 0 Å². The van der Waals surface area contributed by atoms with Gasteiger partial charge in [-0.2, -0.15) is 0 Å². The lowest BCUT2D eigenvalue weighted by Crippen LogP contribution is -2.34. The summed E-state index contributed by atoms with van der Waals surface area (Å²) in [6.45, 7) is 5.75. The molecule has 2 N–H and O–H groups in total. The normalized spacial score (nSPS) is 13.9. The molecule has 0 aliphatic rings. The molecule has 0 amide bonds. The molecule has 0 unspecified atom stereocenters. The van der Waals surface area contributed by atoms with Crippen molar-refractivity contribution in [3.8, 4) is 0 Å². The predicted octanol–water partition coefficient (Wildman–Crippen LogP) is 0.949. The van der Waals surface area contributed by atoms with E-state index in [9.17, 15) is 4.79 Å². The van der Waals surface area contributed by atoms with Crippen molar-refractivity contribution >= 4 is 5.78 Å². The van der Waals surface area contributed by atoms with Crippen molar-refractivity contribution in [3.05, 3.63) is 0 Å². The zero-order valence-corrected chi connectivity index (χ0v) is 6.35. The molecule has 9 heavy (non-hydrogen) atoms. The monoisotopic (exact) mass is 129 g/mol. The Hall–Kier alpha value is -0.370. The number of hydrogen-bond donors (Lipinski definition) is 1. The Morgan fingerprint density at radius 3 is 2.11 bits per heavy atom. The third-order valence-corrected chi connectivity index (χ3v) is 1.44. The summed E-state index contributed by atoms with van der Waals surface area (Å²) in [5, 5.41) is 0. The highest BCUT2D eigenvalue weighted by Gasteiger charge is 2.13. The molecule has 0 saturated heterocycles. The zero-order chi connectivity index (χ0) is 7.44. The van der Waals surface area contributed by atoms with E-state index in [-0.39, 0.29) is 17.7 Å². The van der Waals surface area contributed by atoms with Crippen molar-refractivity contribution in [1.82, 2.24) is 0 Å². The van der Waals surface area contributed by atoms with Crippen LogP contribution in [0, 0.1) is 5.92 Å². The van der Waals surface area contributed by atoms with Gasteiger partial charge in [0.1, 0.15) is 5.78 Å². The van der Waals surface area contributed by atoms with Crippen LogP contribution in [-0.4, -0.2) is 11.8 Å². The van der Waals surface area contributed by atoms with E-state index in [1.807, 2.05) is 20.8 Å². The largest absolute Gasteiger partial charge is 0.321 e. The molecular weight excluding hydrogens is 114 g/mol. The lowest BCUT2D eigenvalue weighted by molar-refractivity contribution is -0.120. The summed E-state index contributed by atoms with van der Waals surface area (Å²) in [6, 6.07) is -0.255. The first kappa shape index (κ1) is 8.63. The smallest absolute Gasteiger partial charge is 0.149 e. The van der Waals surface area contributed by atoms with Gasteiger partial charge in [0.2, 0.25) is 0 Å². The molecular formula is C7H15NO. The molecule has 2 heteroatoms. The van der Waals surface area contributed by atoms with Crippen LogP contribution in [0.5, 0.6) is 0 Å². The summed E-state index contributed by atoms with van der Waals surface area (Å²) in [5.74, 6) is 0.433. The van der Waals surface area contributed by atoms with Gasteiger partial charge in [-0.3, -0.25) is 4.79 Å². The fourth-order valence-corrected chi connectivity index (χ4v) is 0.607. The van der Waals surface area contributed by atoms with Gasteiger partial charge in [-0.15, -0.1) is 0 Å². The van der Waals surface area contributed by atoms with E-state index in [1.54, 1.807) is 0 Å². The van der Waals surface area contributed by atoms with Gasteiger partial charge in [-0.25, -0.2) is 0 Å². The van der Waals surface area contributed by atoms with Crippen LogP contribution in [0.4, 0.5) is 0 Å². The standard InChI is InChI=1S/C7H15NO/c1-4-6(9)7(8)5(2)3/h5,7H,4,8H2,1-3H3/t7-/m1/s1. The minimum atomic E-state index is -0.255. The van der Waals surface area contributed by atoms with Crippen LogP contribution in [0.1, 0.15) is 27.2 Å². The molecule has 0 radical (unpaired) electrons. The summed E-state index contributed by atoms with van der Waals surface area (Å²) in [7, 11) is 0. The van der Waals surface area contributed by atoms with Crippen molar-refractivity contribution in [1.29, 1.82) is 0 Å². The first-order chi connectivity index (χ1) is 4.09. The summed E-state index contributed by atoms with van der Waals surface area (Å²) in [6.07, 6.45) is 0.555. The van der Waals surface area contributed by atoms with Crippen molar-refractivity contribution in [2.45, 2.75) is 33.2 Å². The Balaban J connectivity index is 3.72. The molecule has 0 aromatic heterocycles. The fourth-order valence-electron chi connectivity index (χ4n) is 0.607. The fraction of sp³-hybridized carbons (Fsp3) is 0.857. The van der Waals surface area contributed by atoms with Crippen molar-refractivity contribution in [2.24, 2.45) is 11.7 Å². The van der Waals surface area contributed by atoms with Crippen LogP contribution in [0.15, 0.2) is 0 Å². The Bertz CT molecular complexity index is 99.1. The second-order valence-electron chi connectivity index (χ2n) is 2.59. The van der Waals surface area contributed by atoms with Crippen LogP contribution in [-0.2, 0) is 4.79 Å². The van der Waals surface area contributed by atoms with E-state index in [1.165, 1.54) is 0 Å². The Morgan fingerprint density at radius 1 is 1.56 bits per heavy atom. The third kappa shape index (κ3) is 2.61. The van der Waals surface area contributed by atoms with Crippen molar-refractivity contribution in [3.63, 3.8) is 0 Å². The molecule has 0 saturated carbocycles. The molecule has 0 rings (SSSR count). The molecule has 0 bridgehead atoms.